The van der Waals surface area contributed by atoms with Crippen molar-refractivity contribution in [2.24, 2.45) is 0 Å². The van der Waals surface area contributed by atoms with Crippen molar-refractivity contribution in [3.63, 3.8) is 0 Å². The number of amides is 1. The van der Waals surface area contributed by atoms with Crippen LogP contribution in [0.3, 0.4) is 0 Å². The molecule has 1 aliphatic rings. The van der Waals surface area contributed by atoms with Gasteiger partial charge in [-0.1, -0.05) is 24.3 Å². The van der Waals surface area contributed by atoms with Gasteiger partial charge in [-0.05, 0) is 37.6 Å². The highest BCUT2D eigenvalue weighted by Crippen LogP contribution is 2.20. The molecule has 0 aromatic heterocycles. The molecule has 88 valence electrons. The number of benzene rings is 1. The van der Waals surface area contributed by atoms with Crippen molar-refractivity contribution in [2.75, 3.05) is 0 Å². The molecule has 0 saturated heterocycles. The van der Waals surface area contributed by atoms with Crippen LogP contribution in [0.4, 0.5) is 0 Å². The third kappa shape index (κ3) is 2.75. The van der Waals surface area contributed by atoms with Crippen LogP contribution in [0.15, 0.2) is 54.3 Å². The second-order valence-corrected chi connectivity index (χ2v) is 4.40. The number of hydrogen-bond acceptors (Lipinski definition) is 2. The summed E-state index contributed by atoms with van der Waals surface area (Å²) < 4.78 is 0. The summed E-state index contributed by atoms with van der Waals surface area (Å²) in [6.45, 7) is 1.92. The van der Waals surface area contributed by atoms with Crippen molar-refractivity contribution in [1.82, 2.24) is 5.32 Å². The summed E-state index contributed by atoms with van der Waals surface area (Å²) in [4.78, 5) is 12.0. The molecule has 0 fully saturated rings. The predicted molar refractivity (Wildman–Crippen MR) is 66.8 cm³/mol. The van der Waals surface area contributed by atoms with Gasteiger partial charge in [-0.25, -0.2) is 0 Å². The summed E-state index contributed by atoms with van der Waals surface area (Å²) in [5.74, 6) is 0.143. The van der Waals surface area contributed by atoms with Crippen molar-refractivity contribution in [2.45, 2.75) is 18.9 Å². The van der Waals surface area contributed by atoms with Crippen LogP contribution in [-0.2, 0) is 0 Å². The molecule has 2 N–H and O–H groups in total. The topological polar surface area (TPSA) is 49.3 Å². The quantitative estimate of drug-likeness (QED) is 0.818. The number of allylic oxidation sites excluding steroid dienone is 1. The van der Waals surface area contributed by atoms with Gasteiger partial charge in [0.2, 0.25) is 0 Å². The van der Waals surface area contributed by atoms with E-state index in [-0.39, 0.29) is 11.7 Å². The maximum atomic E-state index is 12.0. The Hall–Kier alpha value is -2.03. The number of aliphatic hydroxyl groups excluding tert-OH is 1. The minimum Gasteiger partial charge on any atom is -0.508 e. The van der Waals surface area contributed by atoms with Gasteiger partial charge in [0, 0.05) is 5.56 Å². The number of aliphatic hydroxyl groups is 1. The molecule has 1 unspecified atom stereocenters. The van der Waals surface area contributed by atoms with E-state index < -0.39 is 5.54 Å². The largest absolute Gasteiger partial charge is 0.508 e. The molecule has 1 aromatic carbocycles. The number of hydrogen-bond donors (Lipinski definition) is 2. The Bertz CT molecular complexity index is 476. The van der Waals surface area contributed by atoms with Crippen LogP contribution < -0.4 is 5.32 Å². The number of rotatable bonds is 2. The SMILES string of the molecule is CC1(NC(=O)c2ccccc2)C=CC(O)=CC1. The Morgan fingerprint density at radius 3 is 2.65 bits per heavy atom. The van der Waals surface area contributed by atoms with E-state index in [1.165, 1.54) is 0 Å². The van der Waals surface area contributed by atoms with Gasteiger partial charge in [-0.2, -0.15) is 0 Å². The molecule has 1 amide bonds. The van der Waals surface area contributed by atoms with Gasteiger partial charge in [-0.3, -0.25) is 4.79 Å². The third-order valence-corrected chi connectivity index (χ3v) is 2.79. The predicted octanol–water partition coefficient (Wildman–Crippen LogP) is 2.58. The van der Waals surface area contributed by atoms with Gasteiger partial charge >= 0.3 is 0 Å². The average molecular weight is 229 g/mol. The molecule has 0 spiro atoms. The Kier molecular flexibility index (Phi) is 3.00. The Morgan fingerprint density at radius 1 is 1.35 bits per heavy atom. The van der Waals surface area contributed by atoms with E-state index in [0.29, 0.717) is 12.0 Å². The van der Waals surface area contributed by atoms with Gasteiger partial charge in [0.15, 0.2) is 0 Å². The number of carbonyl (C=O) groups excluding carboxylic acids is 1. The second-order valence-electron chi connectivity index (χ2n) is 4.40. The van der Waals surface area contributed by atoms with Crippen molar-refractivity contribution < 1.29 is 9.90 Å². The first-order valence-corrected chi connectivity index (χ1v) is 5.55. The van der Waals surface area contributed by atoms with Crippen molar-refractivity contribution in [1.29, 1.82) is 0 Å². The van der Waals surface area contributed by atoms with E-state index in [1.54, 1.807) is 24.3 Å². The molecule has 0 aliphatic heterocycles. The van der Waals surface area contributed by atoms with E-state index in [1.807, 2.05) is 31.2 Å². The molecular formula is C14H15NO2. The van der Waals surface area contributed by atoms with E-state index in [2.05, 4.69) is 5.32 Å². The summed E-state index contributed by atoms with van der Waals surface area (Å²) in [5, 5.41) is 12.2. The fourth-order valence-corrected chi connectivity index (χ4v) is 1.74. The lowest BCUT2D eigenvalue weighted by Crippen LogP contribution is -2.44. The van der Waals surface area contributed by atoms with Gasteiger partial charge < -0.3 is 10.4 Å². The van der Waals surface area contributed by atoms with Crippen LogP contribution in [0.5, 0.6) is 0 Å². The molecule has 1 atom stereocenters. The van der Waals surface area contributed by atoms with Gasteiger partial charge in [0.25, 0.3) is 5.91 Å². The van der Waals surface area contributed by atoms with Crippen molar-refractivity contribution in [3.05, 3.63) is 59.9 Å². The van der Waals surface area contributed by atoms with Gasteiger partial charge in [-0.15, -0.1) is 0 Å². The standard InChI is InChI=1S/C14H15NO2/c1-14(9-7-12(16)8-10-14)15-13(17)11-5-3-2-4-6-11/h2-9,16H,10H2,1H3,(H,15,17). The smallest absolute Gasteiger partial charge is 0.251 e. The molecule has 1 aromatic rings. The van der Waals surface area contributed by atoms with Gasteiger partial charge in [0.05, 0.1) is 5.54 Å². The first-order valence-electron chi connectivity index (χ1n) is 5.55. The minimum absolute atomic E-state index is 0.104. The third-order valence-electron chi connectivity index (χ3n) is 2.79. The van der Waals surface area contributed by atoms with Crippen molar-refractivity contribution >= 4 is 5.91 Å². The van der Waals surface area contributed by atoms with Crippen LogP contribution in [0, 0.1) is 0 Å². The number of carbonyl (C=O) groups is 1. The lowest BCUT2D eigenvalue weighted by atomic mass is 9.92. The summed E-state index contributed by atoms with van der Waals surface area (Å²) in [7, 11) is 0. The maximum Gasteiger partial charge on any atom is 0.251 e. The first-order chi connectivity index (χ1) is 8.09. The van der Waals surface area contributed by atoms with E-state index in [9.17, 15) is 9.90 Å². The van der Waals surface area contributed by atoms with Crippen LogP contribution in [0.1, 0.15) is 23.7 Å². The molecular weight excluding hydrogens is 214 g/mol. The highest BCUT2D eigenvalue weighted by molar-refractivity contribution is 5.94. The second kappa shape index (κ2) is 4.45. The molecule has 0 bridgehead atoms. The molecule has 0 heterocycles. The molecule has 1 aliphatic carbocycles. The fourth-order valence-electron chi connectivity index (χ4n) is 1.74. The van der Waals surface area contributed by atoms with Crippen LogP contribution in [0.25, 0.3) is 0 Å². The summed E-state index contributed by atoms with van der Waals surface area (Å²) in [6, 6.07) is 9.09. The molecule has 0 radical (unpaired) electrons. The van der Waals surface area contributed by atoms with E-state index in [4.69, 9.17) is 0 Å². The zero-order valence-corrected chi connectivity index (χ0v) is 9.68. The monoisotopic (exact) mass is 229 g/mol. The fraction of sp³-hybridized carbons (Fsp3) is 0.214. The lowest BCUT2D eigenvalue weighted by Gasteiger charge is -2.28. The first kappa shape index (κ1) is 11.5. The van der Waals surface area contributed by atoms with E-state index in [0.717, 1.165) is 0 Å². The Balaban J connectivity index is 2.08. The van der Waals surface area contributed by atoms with Gasteiger partial charge in [0.1, 0.15) is 5.76 Å². The summed E-state index contributed by atoms with van der Waals surface area (Å²) >= 11 is 0. The zero-order chi connectivity index (χ0) is 12.3. The highest BCUT2D eigenvalue weighted by Gasteiger charge is 2.24. The molecule has 2 rings (SSSR count). The summed E-state index contributed by atoms with van der Waals surface area (Å²) in [5.41, 5.74) is 0.208. The normalized spacial score (nSPS) is 23.0. The van der Waals surface area contributed by atoms with Crippen LogP contribution >= 0.6 is 0 Å². The lowest BCUT2D eigenvalue weighted by molar-refractivity contribution is 0.0922. The molecule has 3 nitrogen and oxygen atoms in total. The van der Waals surface area contributed by atoms with E-state index >= 15 is 0 Å². The molecule has 17 heavy (non-hydrogen) atoms. The molecule has 3 heteroatoms. The Morgan fingerprint density at radius 2 is 2.06 bits per heavy atom. The Labute approximate surface area is 100 Å². The number of nitrogens with one attached hydrogen (secondary N) is 1. The average Bonchev–Trinajstić information content (AvgIpc) is 2.34. The summed E-state index contributed by atoms with van der Waals surface area (Å²) in [6.07, 6.45) is 5.71. The van der Waals surface area contributed by atoms with Crippen molar-refractivity contribution in [3.8, 4) is 0 Å². The zero-order valence-electron chi connectivity index (χ0n) is 9.68. The van der Waals surface area contributed by atoms with Crippen LogP contribution in [0.2, 0.25) is 0 Å². The molecule has 0 saturated carbocycles. The minimum atomic E-state index is -0.431. The van der Waals surface area contributed by atoms with Crippen LogP contribution in [-0.4, -0.2) is 16.6 Å². The highest BCUT2D eigenvalue weighted by atomic mass is 16.3. The maximum absolute atomic E-state index is 12.0.